The van der Waals surface area contributed by atoms with Crippen LogP contribution in [0, 0.1) is 3.57 Å². The Kier molecular flexibility index (Phi) is 5.97. The Morgan fingerprint density at radius 3 is 2.25 bits per heavy atom. The molecule has 24 heavy (non-hydrogen) atoms. The highest BCUT2D eigenvalue weighted by Gasteiger charge is 2.08. The van der Waals surface area contributed by atoms with Crippen LogP contribution in [0.4, 0.5) is 0 Å². The maximum atomic E-state index is 10.6. The zero-order valence-corrected chi connectivity index (χ0v) is 15.1. The lowest BCUT2D eigenvalue weighted by atomic mass is 10.1. The molecule has 3 rings (SSSR count). The van der Waals surface area contributed by atoms with Crippen molar-refractivity contribution in [3.63, 3.8) is 0 Å². The predicted octanol–water partition coefficient (Wildman–Crippen LogP) is 3.79. The molecule has 0 saturated heterocycles. The Hall–Kier alpha value is -2.35. The van der Waals surface area contributed by atoms with E-state index in [9.17, 15) is 9.59 Å². The lowest BCUT2D eigenvalue weighted by Crippen LogP contribution is -1.98. The normalized spacial score (nSPS) is 10.1. The van der Waals surface area contributed by atoms with Gasteiger partial charge in [-0.25, -0.2) is 4.79 Å². The van der Waals surface area contributed by atoms with E-state index in [1.165, 1.54) is 0 Å². The van der Waals surface area contributed by atoms with Gasteiger partial charge in [-0.15, -0.1) is 0 Å². The minimum Gasteiger partial charge on any atom is -0.481 e. The van der Waals surface area contributed by atoms with Crippen LogP contribution in [0.15, 0.2) is 54.7 Å². The number of carbonyl (C=O) groups is 2. The molecule has 124 valence electrons. The molecule has 0 atom stereocenters. The molecule has 0 spiro atoms. The van der Waals surface area contributed by atoms with Crippen LogP contribution in [-0.4, -0.2) is 26.7 Å². The average molecular weight is 437 g/mol. The number of aromatic carboxylic acids is 1. The second-order valence-electron chi connectivity index (χ2n) is 5.16. The molecule has 1 heterocycles. The van der Waals surface area contributed by atoms with E-state index in [4.69, 9.17) is 10.2 Å². The number of benzene rings is 2. The smallest absolute Gasteiger partial charge is 0.335 e. The van der Waals surface area contributed by atoms with Gasteiger partial charge in [0.25, 0.3) is 0 Å². The quantitative estimate of drug-likeness (QED) is 0.612. The summed E-state index contributed by atoms with van der Waals surface area (Å²) in [7, 11) is 1.92. The van der Waals surface area contributed by atoms with E-state index in [0.717, 1.165) is 20.0 Å². The summed E-state index contributed by atoms with van der Waals surface area (Å²) in [5, 5.41) is 18.2. The summed E-state index contributed by atoms with van der Waals surface area (Å²) in [5.41, 5.74) is 2.28. The highest BCUT2D eigenvalue weighted by molar-refractivity contribution is 14.1. The zero-order chi connectivity index (χ0) is 17.7. The fourth-order valence-corrected chi connectivity index (χ4v) is 2.68. The van der Waals surface area contributed by atoms with Crippen molar-refractivity contribution in [3.8, 4) is 0 Å². The summed E-state index contributed by atoms with van der Waals surface area (Å²) < 4.78 is 3.00. The number of carboxylic acid groups (broad SMARTS) is 2. The van der Waals surface area contributed by atoms with Crippen LogP contribution >= 0.6 is 22.6 Å². The molecule has 0 unspecified atom stereocenters. The molecule has 0 amide bonds. The van der Waals surface area contributed by atoms with E-state index in [0.29, 0.717) is 5.56 Å². The van der Waals surface area contributed by atoms with Gasteiger partial charge in [-0.05, 0) is 58.5 Å². The maximum Gasteiger partial charge on any atom is 0.335 e. The fraction of sp³-hybridized carbons (Fsp3) is 0.111. The molecule has 5 nitrogen and oxygen atoms in total. The van der Waals surface area contributed by atoms with Gasteiger partial charge in [-0.1, -0.05) is 18.2 Å². The molecule has 0 fully saturated rings. The average Bonchev–Trinajstić information content (AvgIpc) is 2.84. The third-order valence-electron chi connectivity index (χ3n) is 3.41. The molecule has 2 aromatic carbocycles. The molecular formula is C18H16INO4. The van der Waals surface area contributed by atoms with Crippen molar-refractivity contribution in [1.82, 2.24) is 4.57 Å². The lowest BCUT2D eigenvalue weighted by Gasteiger charge is -1.93. The Balaban J connectivity index is 0.000000185. The molecule has 0 aliphatic rings. The van der Waals surface area contributed by atoms with Gasteiger partial charge in [-0.3, -0.25) is 4.79 Å². The number of para-hydroxylation sites is 1. The van der Waals surface area contributed by atoms with Crippen molar-refractivity contribution in [2.75, 3.05) is 0 Å². The van der Waals surface area contributed by atoms with Crippen LogP contribution in [0.5, 0.6) is 0 Å². The molecule has 0 aliphatic carbocycles. The number of aliphatic carboxylic acids is 1. The first-order chi connectivity index (χ1) is 11.4. The molecule has 0 radical (unpaired) electrons. The number of aryl methyl sites for hydroxylation is 1. The van der Waals surface area contributed by atoms with Crippen molar-refractivity contribution in [3.05, 3.63) is 69.4 Å². The largest absolute Gasteiger partial charge is 0.481 e. The third-order valence-corrected chi connectivity index (χ3v) is 4.13. The highest BCUT2D eigenvalue weighted by atomic mass is 127. The summed E-state index contributed by atoms with van der Waals surface area (Å²) in [6.07, 6.45) is 1.96. The number of rotatable bonds is 3. The van der Waals surface area contributed by atoms with Gasteiger partial charge in [-0.2, -0.15) is 0 Å². The van der Waals surface area contributed by atoms with E-state index in [2.05, 4.69) is 22.6 Å². The number of aromatic nitrogens is 1. The van der Waals surface area contributed by atoms with Gasteiger partial charge in [0.05, 0.1) is 12.0 Å². The Labute approximate surface area is 152 Å². The summed E-state index contributed by atoms with van der Waals surface area (Å²) in [4.78, 5) is 20.9. The van der Waals surface area contributed by atoms with E-state index < -0.39 is 11.9 Å². The van der Waals surface area contributed by atoms with Gasteiger partial charge in [0.1, 0.15) is 0 Å². The number of fused-ring (bicyclic) bond motifs is 1. The van der Waals surface area contributed by atoms with Gasteiger partial charge in [0, 0.05) is 27.7 Å². The van der Waals surface area contributed by atoms with Crippen LogP contribution in [0.3, 0.4) is 0 Å². The standard InChI is InChI=1S/C11H11NO2.C7H5IO2/c1-12-7-8(6-11(13)14)9-4-2-3-5-10(9)12;8-6-3-1-5(2-4-6)7(9)10/h2-5,7H,6H2,1H3,(H,13,14);1-4H,(H,9,10). The van der Waals surface area contributed by atoms with E-state index in [1.807, 2.05) is 42.1 Å². The van der Waals surface area contributed by atoms with Crippen LogP contribution < -0.4 is 0 Å². The van der Waals surface area contributed by atoms with Gasteiger partial charge < -0.3 is 14.8 Å². The van der Waals surface area contributed by atoms with Crippen molar-refractivity contribution in [2.24, 2.45) is 7.05 Å². The summed E-state index contributed by atoms with van der Waals surface area (Å²) in [6, 6.07) is 14.5. The first-order valence-electron chi connectivity index (χ1n) is 7.12. The van der Waals surface area contributed by atoms with Gasteiger partial charge >= 0.3 is 11.9 Å². The molecule has 1 aromatic heterocycles. The van der Waals surface area contributed by atoms with Crippen LogP contribution in [0.1, 0.15) is 15.9 Å². The van der Waals surface area contributed by atoms with E-state index in [-0.39, 0.29) is 6.42 Å². The Morgan fingerprint density at radius 2 is 1.67 bits per heavy atom. The van der Waals surface area contributed by atoms with Crippen molar-refractivity contribution in [2.45, 2.75) is 6.42 Å². The summed E-state index contributed by atoms with van der Waals surface area (Å²) in [5.74, 6) is -1.67. The maximum absolute atomic E-state index is 10.6. The number of hydrogen-bond acceptors (Lipinski definition) is 2. The molecule has 0 aliphatic heterocycles. The fourth-order valence-electron chi connectivity index (χ4n) is 2.32. The third kappa shape index (κ3) is 4.58. The van der Waals surface area contributed by atoms with Crippen LogP contribution in [0.25, 0.3) is 10.9 Å². The molecule has 0 saturated carbocycles. The van der Waals surface area contributed by atoms with Crippen molar-refractivity contribution >= 4 is 45.4 Å². The Bertz CT molecular complexity index is 868. The summed E-state index contributed by atoms with van der Waals surface area (Å²) >= 11 is 2.13. The highest BCUT2D eigenvalue weighted by Crippen LogP contribution is 2.20. The molecule has 0 bridgehead atoms. The number of halogens is 1. The van der Waals surface area contributed by atoms with Gasteiger partial charge in [0.2, 0.25) is 0 Å². The number of nitrogens with zero attached hydrogens (tertiary/aromatic N) is 1. The first-order valence-corrected chi connectivity index (χ1v) is 8.20. The van der Waals surface area contributed by atoms with Crippen molar-refractivity contribution < 1.29 is 19.8 Å². The first kappa shape index (κ1) is 18.0. The molecule has 6 heteroatoms. The SMILES string of the molecule is Cn1cc(CC(=O)O)c2ccccc21.O=C(O)c1ccc(I)cc1. The molecule has 3 aromatic rings. The van der Waals surface area contributed by atoms with Gasteiger partial charge in [0.15, 0.2) is 0 Å². The topological polar surface area (TPSA) is 79.5 Å². The molecular weight excluding hydrogens is 421 g/mol. The van der Waals surface area contributed by atoms with E-state index >= 15 is 0 Å². The summed E-state index contributed by atoms with van der Waals surface area (Å²) in [6.45, 7) is 0. The monoisotopic (exact) mass is 437 g/mol. The number of carboxylic acids is 2. The Morgan fingerprint density at radius 1 is 1.04 bits per heavy atom. The minimum absolute atomic E-state index is 0.0847. The van der Waals surface area contributed by atoms with Crippen LogP contribution in [0.2, 0.25) is 0 Å². The minimum atomic E-state index is -0.878. The van der Waals surface area contributed by atoms with E-state index in [1.54, 1.807) is 24.3 Å². The second-order valence-corrected chi connectivity index (χ2v) is 6.41. The number of hydrogen-bond donors (Lipinski definition) is 2. The zero-order valence-electron chi connectivity index (χ0n) is 12.9. The lowest BCUT2D eigenvalue weighted by molar-refractivity contribution is -0.136. The van der Waals surface area contributed by atoms with Crippen molar-refractivity contribution in [1.29, 1.82) is 0 Å². The van der Waals surface area contributed by atoms with Crippen LogP contribution in [-0.2, 0) is 18.3 Å². The predicted molar refractivity (Wildman–Crippen MR) is 100 cm³/mol. The second kappa shape index (κ2) is 7.96. The molecule has 2 N–H and O–H groups in total.